The van der Waals surface area contributed by atoms with E-state index in [0.29, 0.717) is 18.0 Å². The van der Waals surface area contributed by atoms with Crippen molar-refractivity contribution in [1.82, 2.24) is 5.32 Å². The number of methoxy groups -OCH3 is 2. The van der Waals surface area contributed by atoms with Gasteiger partial charge in [0.1, 0.15) is 18.0 Å². The Hall–Kier alpha value is -2.56. The lowest BCUT2D eigenvalue weighted by molar-refractivity contribution is 0.0597. The normalized spacial score (nSPS) is 13.8. The molecule has 0 saturated heterocycles. The third-order valence-corrected chi connectivity index (χ3v) is 2.81. The van der Waals surface area contributed by atoms with Gasteiger partial charge in [-0.1, -0.05) is 24.3 Å². The van der Waals surface area contributed by atoms with Gasteiger partial charge >= 0.3 is 5.97 Å². The number of hydrogen-bond donors (Lipinski definition) is 1. The highest BCUT2D eigenvalue weighted by molar-refractivity contribution is 5.97. The Morgan fingerprint density at radius 3 is 2.85 bits per heavy atom. The Labute approximate surface area is 117 Å². The zero-order chi connectivity index (χ0) is 14.4. The molecule has 0 unspecified atom stereocenters. The number of aliphatic imine (C=N–C) groups is 1. The first-order valence-electron chi connectivity index (χ1n) is 6.13. The van der Waals surface area contributed by atoms with E-state index in [-0.39, 0.29) is 0 Å². The summed E-state index contributed by atoms with van der Waals surface area (Å²) >= 11 is 0. The fourth-order valence-corrected chi connectivity index (χ4v) is 1.86. The van der Waals surface area contributed by atoms with E-state index in [4.69, 9.17) is 9.47 Å². The van der Waals surface area contributed by atoms with E-state index in [2.05, 4.69) is 10.3 Å². The van der Waals surface area contributed by atoms with Crippen molar-refractivity contribution < 1.29 is 14.3 Å². The maximum absolute atomic E-state index is 11.9. The number of nitrogens with one attached hydrogen (secondary N) is 1. The average Bonchev–Trinajstić information content (AvgIpc) is 2.52. The van der Waals surface area contributed by atoms with Crippen molar-refractivity contribution in [2.24, 2.45) is 4.99 Å². The molecular weight excluding hydrogens is 256 g/mol. The first-order valence-corrected chi connectivity index (χ1v) is 6.13. The van der Waals surface area contributed by atoms with Crippen molar-refractivity contribution in [2.45, 2.75) is 0 Å². The molecule has 104 valence electrons. The van der Waals surface area contributed by atoms with Crippen LogP contribution in [0.2, 0.25) is 0 Å². The number of carbonyl (C=O) groups is 1. The van der Waals surface area contributed by atoms with Crippen molar-refractivity contribution in [3.05, 3.63) is 47.2 Å². The fraction of sp³-hybridized carbons (Fsp3) is 0.200. The molecule has 2 rings (SSSR count). The van der Waals surface area contributed by atoms with Gasteiger partial charge in [-0.15, -0.1) is 0 Å². The van der Waals surface area contributed by atoms with Gasteiger partial charge in [0.2, 0.25) is 0 Å². The highest BCUT2D eigenvalue weighted by Gasteiger charge is 2.16. The maximum atomic E-state index is 11.9. The maximum Gasteiger partial charge on any atom is 0.342 e. The van der Waals surface area contributed by atoms with E-state index in [1.54, 1.807) is 12.3 Å². The lowest BCUT2D eigenvalue weighted by Crippen LogP contribution is -2.10. The third-order valence-electron chi connectivity index (χ3n) is 2.81. The van der Waals surface area contributed by atoms with E-state index in [1.165, 1.54) is 14.2 Å². The second-order valence-corrected chi connectivity index (χ2v) is 4.07. The van der Waals surface area contributed by atoms with Crippen LogP contribution in [0.1, 0.15) is 15.9 Å². The number of allylic oxidation sites excluding steroid dienone is 2. The van der Waals surface area contributed by atoms with Gasteiger partial charge < -0.3 is 14.8 Å². The Morgan fingerprint density at radius 1 is 1.35 bits per heavy atom. The smallest absolute Gasteiger partial charge is 0.342 e. The van der Waals surface area contributed by atoms with Gasteiger partial charge in [-0.2, -0.15) is 0 Å². The largest absolute Gasteiger partial charge is 0.496 e. The molecular formula is C15H16N2O3. The van der Waals surface area contributed by atoms with Crippen LogP contribution in [0.4, 0.5) is 0 Å². The molecule has 1 aromatic rings. The summed E-state index contributed by atoms with van der Waals surface area (Å²) < 4.78 is 10.0. The topological polar surface area (TPSA) is 59.9 Å². The van der Waals surface area contributed by atoms with Crippen molar-refractivity contribution >= 4 is 18.3 Å². The molecule has 1 heterocycles. The summed E-state index contributed by atoms with van der Waals surface area (Å²) in [7, 11) is 2.87. The number of hydrogen-bond acceptors (Lipinski definition) is 5. The summed E-state index contributed by atoms with van der Waals surface area (Å²) in [4.78, 5) is 16.0. The van der Waals surface area contributed by atoms with Gasteiger partial charge in [0.05, 0.1) is 14.2 Å². The minimum Gasteiger partial charge on any atom is -0.496 e. The fourth-order valence-electron chi connectivity index (χ4n) is 1.86. The Balaban J connectivity index is 2.35. The van der Waals surface area contributed by atoms with E-state index < -0.39 is 5.97 Å². The standard InChI is InChI=1S/C15H16N2O3/c1-19-13-5-3-4-12(14(13)15(18)20-2)7-6-11-8-16-10-17-9-11/h3-9,16H,10H2,1-2H3/b7-6+. The number of ether oxygens (including phenoxy) is 2. The zero-order valence-electron chi connectivity index (χ0n) is 11.4. The number of benzene rings is 1. The van der Waals surface area contributed by atoms with Crippen LogP contribution in [-0.2, 0) is 4.74 Å². The predicted octanol–water partition coefficient (Wildman–Crippen LogP) is 2.01. The van der Waals surface area contributed by atoms with Crippen molar-refractivity contribution in [2.75, 3.05) is 20.9 Å². The van der Waals surface area contributed by atoms with Crippen LogP contribution >= 0.6 is 0 Å². The first kappa shape index (κ1) is 13.9. The van der Waals surface area contributed by atoms with Gasteiger partial charge in [0.15, 0.2) is 0 Å². The average molecular weight is 272 g/mol. The first-order chi connectivity index (χ1) is 9.76. The number of rotatable bonds is 4. The Morgan fingerprint density at radius 2 is 2.20 bits per heavy atom. The van der Waals surface area contributed by atoms with Crippen LogP contribution in [0.3, 0.4) is 0 Å². The summed E-state index contributed by atoms with van der Waals surface area (Å²) in [6.07, 6.45) is 7.34. The van der Waals surface area contributed by atoms with E-state index >= 15 is 0 Å². The molecule has 0 aliphatic carbocycles. The van der Waals surface area contributed by atoms with Gasteiger partial charge in [-0.3, -0.25) is 4.99 Å². The van der Waals surface area contributed by atoms with Crippen molar-refractivity contribution in [1.29, 1.82) is 0 Å². The highest BCUT2D eigenvalue weighted by Crippen LogP contribution is 2.24. The predicted molar refractivity (Wildman–Crippen MR) is 77.9 cm³/mol. The monoisotopic (exact) mass is 272 g/mol. The Kier molecular flexibility index (Phi) is 4.55. The van der Waals surface area contributed by atoms with Gasteiger partial charge in [-0.05, 0) is 11.6 Å². The molecule has 0 atom stereocenters. The van der Waals surface area contributed by atoms with Crippen molar-refractivity contribution in [3.63, 3.8) is 0 Å². The molecule has 5 heteroatoms. The van der Waals surface area contributed by atoms with E-state index in [0.717, 1.165) is 11.1 Å². The van der Waals surface area contributed by atoms with E-state index in [1.807, 2.05) is 30.5 Å². The van der Waals surface area contributed by atoms with Gasteiger partial charge in [0.25, 0.3) is 0 Å². The Bertz CT molecular complexity index is 589. The molecule has 0 amide bonds. The second kappa shape index (κ2) is 6.56. The lowest BCUT2D eigenvalue weighted by atomic mass is 10.0. The van der Waals surface area contributed by atoms with Crippen LogP contribution in [0.5, 0.6) is 5.75 Å². The molecule has 0 aromatic heterocycles. The van der Waals surface area contributed by atoms with Crippen LogP contribution in [-0.4, -0.2) is 33.1 Å². The molecule has 1 N–H and O–H groups in total. The summed E-state index contributed by atoms with van der Waals surface area (Å²) in [5, 5.41) is 3.01. The lowest BCUT2D eigenvalue weighted by Gasteiger charge is -2.10. The summed E-state index contributed by atoms with van der Waals surface area (Å²) in [5.41, 5.74) is 2.07. The molecule has 0 spiro atoms. The van der Waals surface area contributed by atoms with Crippen LogP contribution in [0, 0.1) is 0 Å². The minimum atomic E-state index is -0.425. The quantitative estimate of drug-likeness (QED) is 0.852. The van der Waals surface area contributed by atoms with Crippen LogP contribution in [0.25, 0.3) is 6.08 Å². The molecule has 0 saturated carbocycles. The van der Waals surface area contributed by atoms with Gasteiger partial charge in [0, 0.05) is 18.0 Å². The van der Waals surface area contributed by atoms with Crippen LogP contribution < -0.4 is 10.1 Å². The van der Waals surface area contributed by atoms with Crippen LogP contribution in [0.15, 0.2) is 41.0 Å². The molecule has 1 aromatic carbocycles. The molecule has 0 bridgehead atoms. The summed E-state index contributed by atoms with van der Waals surface area (Å²) in [6.45, 7) is 0.587. The second-order valence-electron chi connectivity index (χ2n) is 4.07. The SMILES string of the molecule is COC(=O)c1c(/C=C/C2=CNCN=C2)cccc1OC. The molecule has 5 nitrogen and oxygen atoms in total. The van der Waals surface area contributed by atoms with Gasteiger partial charge in [-0.25, -0.2) is 4.79 Å². The minimum absolute atomic E-state index is 0.412. The highest BCUT2D eigenvalue weighted by atomic mass is 16.5. The van der Waals surface area contributed by atoms with E-state index in [9.17, 15) is 4.79 Å². The number of carbonyl (C=O) groups excluding carboxylic acids is 1. The molecule has 1 aliphatic rings. The molecule has 0 radical (unpaired) electrons. The summed E-state index contributed by atoms with van der Waals surface area (Å²) in [5.74, 6) is 0.0648. The zero-order valence-corrected chi connectivity index (χ0v) is 11.4. The number of esters is 1. The number of nitrogens with zero attached hydrogens (tertiary/aromatic N) is 1. The summed E-state index contributed by atoms with van der Waals surface area (Å²) in [6, 6.07) is 5.39. The molecule has 0 fully saturated rings. The third kappa shape index (κ3) is 3.06. The molecule has 1 aliphatic heterocycles. The van der Waals surface area contributed by atoms with Crippen molar-refractivity contribution in [3.8, 4) is 5.75 Å². The molecule has 20 heavy (non-hydrogen) atoms.